The average Bonchev–Trinajstić information content (AvgIpc) is 3.18. The Morgan fingerprint density at radius 2 is 1.94 bits per heavy atom. The van der Waals surface area contributed by atoms with Crippen LogP contribution in [-0.4, -0.2) is 72.6 Å². The van der Waals surface area contributed by atoms with Gasteiger partial charge in [0, 0.05) is 38.5 Å². The molecule has 8 nitrogen and oxygen atoms in total. The Bertz CT molecular complexity index is 1280. The second-order valence-electron chi connectivity index (χ2n) is 8.70. The molecular formula is C24H25F4N5O3. The maximum atomic E-state index is 14.6. The Morgan fingerprint density at radius 1 is 1.19 bits per heavy atom. The van der Waals surface area contributed by atoms with Crippen molar-refractivity contribution in [2.75, 3.05) is 40.1 Å². The molecule has 1 aliphatic rings. The minimum atomic E-state index is -4.84. The second-order valence-corrected chi connectivity index (χ2v) is 8.70. The molecule has 0 aliphatic carbocycles. The summed E-state index contributed by atoms with van der Waals surface area (Å²) in [6.07, 6.45) is -3.50. The maximum absolute atomic E-state index is 14.6. The molecule has 0 saturated carbocycles. The molecule has 4 rings (SSSR count). The summed E-state index contributed by atoms with van der Waals surface area (Å²) in [5.74, 6) is -0.662. The van der Waals surface area contributed by atoms with Crippen LogP contribution >= 0.6 is 0 Å². The molecule has 0 spiro atoms. The molecule has 12 heteroatoms. The number of carbonyl (C=O) groups excluding carboxylic acids is 1. The maximum Gasteiger partial charge on any atom is 0.419 e. The lowest BCUT2D eigenvalue weighted by Gasteiger charge is -2.21. The van der Waals surface area contributed by atoms with Gasteiger partial charge in [-0.15, -0.1) is 0 Å². The van der Waals surface area contributed by atoms with Gasteiger partial charge in [-0.25, -0.2) is 14.4 Å². The summed E-state index contributed by atoms with van der Waals surface area (Å²) < 4.78 is 65.7. The van der Waals surface area contributed by atoms with Gasteiger partial charge >= 0.3 is 6.18 Å². The van der Waals surface area contributed by atoms with E-state index in [4.69, 9.17) is 9.47 Å². The summed E-state index contributed by atoms with van der Waals surface area (Å²) in [7, 11) is 6.69. The molecule has 1 N–H and O–H groups in total. The van der Waals surface area contributed by atoms with E-state index in [2.05, 4.69) is 15.3 Å². The smallest absolute Gasteiger partial charge is 0.419 e. The van der Waals surface area contributed by atoms with Crippen molar-refractivity contribution in [3.05, 3.63) is 48.0 Å². The molecule has 1 aromatic heterocycles. The highest BCUT2D eigenvalue weighted by molar-refractivity contribution is 5.93. The molecule has 0 unspecified atom stereocenters. The Kier molecular flexibility index (Phi) is 6.90. The molecule has 1 fully saturated rings. The Hall–Kier alpha value is -3.67. The third-order valence-corrected chi connectivity index (χ3v) is 6.01. The van der Waals surface area contributed by atoms with E-state index in [1.165, 1.54) is 24.4 Å². The van der Waals surface area contributed by atoms with Crippen LogP contribution in [0.2, 0.25) is 0 Å². The number of amides is 1. The molecular weight excluding hydrogens is 482 g/mol. The standard InChI is InChI=1S/C24H25F4N5O3/c1-32(2)23(34)18-8-13(11-33(18)3)36-20-9-14-17(10-19(20)35-4)29-12-30-22(14)31-16-7-5-6-15(21(16)25)24(26,27)28/h5-7,9-10,12-13,18H,8,11H2,1-4H3,(H,29,30,31)/t13-,18+/m0/s1. The number of nitrogens with zero attached hydrogens (tertiary/aromatic N) is 4. The van der Waals surface area contributed by atoms with E-state index in [1.807, 2.05) is 11.9 Å². The molecule has 192 valence electrons. The predicted molar refractivity (Wildman–Crippen MR) is 125 cm³/mol. The first-order valence-corrected chi connectivity index (χ1v) is 11.0. The van der Waals surface area contributed by atoms with Gasteiger partial charge in [-0.2, -0.15) is 13.2 Å². The van der Waals surface area contributed by atoms with Crippen LogP contribution in [0.4, 0.5) is 29.1 Å². The number of halogens is 4. The molecule has 3 aromatic rings. The van der Waals surface area contributed by atoms with Gasteiger partial charge in [-0.1, -0.05) is 6.07 Å². The Labute approximate surface area is 204 Å². The summed E-state index contributed by atoms with van der Waals surface area (Å²) >= 11 is 0. The number of aromatic nitrogens is 2. The molecule has 0 radical (unpaired) electrons. The summed E-state index contributed by atoms with van der Waals surface area (Å²) in [4.78, 5) is 24.2. The lowest BCUT2D eigenvalue weighted by atomic mass is 10.1. The molecule has 1 aliphatic heterocycles. The fourth-order valence-electron chi connectivity index (χ4n) is 4.19. The van der Waals surface area contributed by atoms with E-state index in [-0.39, 0.29) is 29.6 Å². The quantitative estimate of drug-likeness (QED) is 0.504. The van der Waals surface area contributed by atoms with Crippen LogP contribution in [0.5, 0.6) is 11.5 Å². The predicted octanol–water partition coefficient (Wildman–Crippen LogP) is 4.08. The number of likely N-dealkylation sites (N-methyl/N-ethyl adjacent to an activating group) is 2. The van der Waals surface area contributed by atoms with Gasteiger partial charge in [0.2, 0.25) is 5.91 Å². The van der Waals surface area contributed by atoms with Crippen LogP contribution in [0.1, 0.15) is 12.0 Å². The van der Waals surface area contributed by atoms with E-state index in [0.29, 0.717) is 41.4 Å². The first kappa shape index (κ1) is 25.4. The molecule has 0 bridgehead atoms. The van der Waals surface area contributed by atoms with Gasteiger partial charge in [0.05, 0.1) is 29.9 Å². The average molecular weight is 507 g/mol. The van der Waals surface area contributed by atoms with Gasteiger partial charge < -0.3 is 19.7 Å². The number of methoxy groups -OCH3 is 1. The van der Waals surface area contributed by atoms with Gasteiger partial charge in [-0.05, 0) is 25.2 Å². The lowest BCUT2D eigenvalue weighted by Crippen LogP contribution is -2.40. The molecule has 2 heterocycles. The molecule has 2 aromatic carbocycles. The SMILES string of the molecule is COc1cc2ncnc(Nc3cccc(C(F)(F)F)c3F)c2cc1O[C@H]1C[C@H](C(=O)N(C)C)N(C)C1. The normalized spacial score (nSPS) is 18.3. The van der Waals surface area contributed by atoms with E-state index in [1.54, 1.807) is 26.2 Å². The van der Waals surface area contributed by atoms with Crippen LogP contribution in [-0.2, 0) is 11.0 Å². The summed E-state index contributed by atoms with van der Waals surface area (Å²) in [5, 5.41) is 3.03. The van der Waals surface area contributed by atoms with E-state index >= 15 is 0 Å². The van der Waals surface area contributed by atoms with Crippen molar-refractivity contribution in [3.8, 4) is 11.5 Å². The molecule has 36 heavy (non-hydrogen) atoms. The number of benzene rings is 2. The zero-order chi connectivity index (χ0) is 26.2. The van der Waals surface area contributed by atoms with Crippen LogP contribution < -0.4 is 14.8 Å². The van der Waals surface area contributed by atoms with Crippen LogP contribution in [0.25, 0.3) is 10.9 Å². The van der Waals surface area contributed by atoms with Gasteiger partial charge in [0.25, 0.3) is 0 Å². The number of hydrogen-bond donors (Lipinski definition) is 1. The number of hydrogen-bond acceptors (Lipinski definition) is 7. The van der Waals surface area contributed by atoms with Crippen molar-refractivity contribution >= 4 is 28.3 Å². The zero-order valence-corrected chi connectivity index (χ0v) is 20.1. The third kappa shape index (κ3) is 4.99. The fraction of sp³-hybridized carbons (Fsp3) is 0.375. The number of nitrogens with one attached hydrogen (secondary N) is 1. The van der Waals surface area contributed by atoms with Crippen molar-refractivity contribution in [2.24, 2.45) is 0 Å². The van der Waals surface area contributed by atoms with Crippen molar-refractivity contribution in [2.45, 2.75) is 24.7 Å². The highest BCUT2D eigenvalue weighted by atomic mass is 19.4. The monoisotopic (exact) mass is 507 g/mol. The van der Waals surface area contributed by atoms with E-state index in [0.717, 1.165) is 6.07 Å². The Morgan fingerprint density at radius 3 is 2.61 bits per heavy atom. The van der Waals surface area contributed by atoms with Gasteiger partial charge in [0.15, 0.2) is 17.3 Å². The topological polar surface area (TPSA) is 79.8 Å². The number of alkyl halides is 3. The molecule has 1 amide bonds. The van der Waals surface area contributed by atoms with Gasteiger partial charge in [0.1, 0.15) is 18.2 Å². The highest BCUT2D eigenvalue weighted by Crippen LogP contribution is 2.38. The summed E-state index contributed by atoms with van der Waals surface area (Å²) in [6, 6.07) is 5.82. The number of ether oxygens (including phenoxy) is 2. The molecule has 1 saturated heterocycles. The third-order valence-electron chi connectivity index (χ3n) is 6.01. The summed E-state index contributed by atoms with van der Waals surface area (Å²) in [5.41, 5.74) is -1.36. The Balaban J connectivity index is 1.67. The van der Waals surface area contributed by atoms with Crippen molar-refractivity contribution < 1.29 is 31.8 Å². The van der Waals surface area contributed by atoms with Crippen LogP contribution in [0.3, 0.4) is 0 Å². The number of likely N-dealkylation sites (tertiary alicyclic amines) is 1. The molecule has 2 atom stereocenters. The minimum absolute atomic E-state index is 0.0305. The van der Waals surface area contributed by atoms with Crippen LogP contribution in [0, 0.1) is 5.82 Å². The number of fused-ring (bicyclic) bond motifs is 1. The largest absolute Gasteiger partial charge is 0.493 e. The highest BCUT2D eigenvalue weighted by Gasteiger charge is 2.37. The number of anilines is 2. The van der Waals surface area contributed by atoms with Crippen LogP contribution in [0.15, 0.2) is 36.7 Å². The second kappa shape index (κ2) is 9.76. The zero-order valence-electron chi connectivity index (χ0n) is 20.1. The van der Waals surface area contributed by atoms with Crippen molar-refractivity contribution in [3.63, 3.8) is 0 Å². The van der Waals surface area contributed by atoms with Crippen molar-refractivity contribution in [1.29, 1.82) is 0 Å². The lowest BCUT2D eigenvalue weighted by molar-refractivity contribution is -0.140. The van der Waals surface area contributed by atoms with Gasteiger partial charge in [-0.3, -0.25) is 9.69 Å². The van der Waals surface area contributed by atoms with Crippen molar-refractivity contribution in [1.82, 2.24) is 19.8 Å². The minimum Gasteiger partial charge on any atom is -0.493 e. The van der Waals surface area contributed by atoms with E-state index < -0.39 is 17.6 Å². The van der Waals surface area contributed by atoms with E-state index in [9.17, 15) is 22.4 Å². The number of carbonyl (C=O) groups is 1. The summed E-state index contributed by atoms with van der Waals surface area (Å²) in [6.45, 7) is 0.497. The fourth-order valence-corrected chi connectivity index (χ4v) is 4.19. The first-order chi connectivity index (χ1) is 17.0. The first-order valence-electron chi connectivity index (χ1n) is 11.0. The number of rotatable bonds is 6.